The molecule has 2 aromatic heterocycles. The Kier molecular flexibility index (Phi) is 26.2. The van der Waals surface area contributed by atoms with Crippen LogP contribution in [-0.2, 0) is 63.1 Å². The molecule has 8 rings (SSSR count). The monoisotopic (exact) mass is 1240 g/mol. The third-order valence-electron chi connectivity index (χ3n) is 16.0. The normalized spacial score (nSPS) is 14.0. The van der Waals surface area contributed by atoms with Crippen LogP contribution in [0.4, 0.5) is 0 Å². The lowest BCUT2D eigenvalue weighted by atomic mass is 9.81. The van der Waals surface area contributed by atoms with Crippen molar-refractivity contribution in [1.29, 1.82) is 0 Å². The van der Waals surface area contributed by atoms with Crippen molar-refractivity contribution in [3.63, 3.8) is 0 Å². The highest BCUT2D eigenvalue weighted by Crippen LogP contribution is 2.48. The maximum Gasteiger partial charge on any atom is 0.337 e. The molecule has 2 saturated carbocycles. The van der Waals surface area contributed by atoms with E-state index in [1.54, 1.807) is 19.0 Å². The molecule has 0 saturated heterocycles. The molecule has 0 atom stereocenters. The number of likely N-dealkylation sites (N-methyl/N-ethyl adjacent to an activating group) is 3. The van der Waals surface area contributed by atoms with Crippen molar-refractivity contribution in [2.75, 3.05) is 94.6 Å². The van der Waals surface area contributed by atoms with Gasteiger partial charge in [-0.3, -0.25) is 9.59 Å². The lowest BCUT2D eigenvalue weighted by Crippen LogP contribution is -2.37. The smallest absolute Gasteiger partial charge is 0.337 e. The van der Waals surface area contributed by atoms with Crippen LogP contribution < -0.4 is 24.9 Å². The molecular formula is C63H88N8O14S2. The number of fused-ring (bicyclic) bond motifs is 2. The SMILES string of the molecule is CCCCOCCN(C)C(=O)COc1ccccc1-c1c(C2CCCCC2)c2ccc(C(=O)OC)cc2n1C.COC(=O)c1ccc2c(C3CCCCC3)c(-c3ccccc3OCC(=O)N(C)CCOCCN(C)S(N)(=O)=O)n(C)c2c1.NS(N)(=O)=O. The predicted octanol–water partition coefficient (Wildman–Crippen LogP) is 8.15. The summed E-state index contributed by atoms with van der Waals surface area (Å²) in [6.45, 7) is 4.55. The van der Waals surface area contributed by atoms with Gasteiger partial charge in [-0.2, -0.15) is 21.1 Å². The number of aryl methyl sites for hydroxylation is 2. The minimum absolute atomic E-state index is 0.0440. The Bertz CT molecular complexity index is 3510. The molecule has 6 aromatic rings. The number of aromatic nitrogens is 2. The van der Waals surface area contributed by atoms with E-state index >= 15 is 0 Å². The third kappa shape index (κ3) is 19.3. The summed E-state index contributed by atoms with van der Waals surface area (Å²) in [5, 5.41) is 15.5. The van der Waals surface area contributed by atoms with Gasteiger partial charge in [-0.05, 0) is 104 Å². The number of hydrogen-bond acceptors (Lipinski definition) is 14. The van der Waals surface area contributed by atoms with Crippen LogP contribution >= 0.6 is 0 Å². The van der Waals surface area contributed by atoms with Crippen molar-refractivity contribution in [2.45, 2.75) is 95.8 Å². The number of unbranched alkanes of at least 4 members (excludes halogenated alkanes) is 1. The van der Waals surface area contributed by atoms with Crippen LogP contribution in [0.3, 0.4) is 0 Å². The average molecular weight is 1250 g/mol. The molecule has 24 heteroatoms. The van der Waals surface area contributed by atoms with Crippen LogP contribution in [-0.4, -0.2) is 158 Å². The topological polar surface area (TPSA) is 290 Å². The van der Waals surface area contributed by atoms with Crippen molar-refractivity contribution in [2.24, 2.45) is 29.5 Å². The molecule has 2 fully saturated rings. The number of nitrogens with zero attached hydrogens (tertiary/aromatic N) is 5. The first-order valence-electron chi connectivity index (χ1n) is 29.5. The zero-order valence-corrected chi connectivity index (χ0v) is 53.2. The maximum absolute atomic E-state index is 12.9. The van der Waals surface area contributed by atoms with E-state index < -0.39 is 20.4 Å². The number of carbonyl (C=O) groups excluding carboxylic acids is 4. The Balaban J connectivity index is 0.000000259. The van der Waals surface area contributed by atoms with E-state index in [0.29, 0.717) is 54.2 Å². The quantitative estimate of drug-likeness (QED) is 0.0360. The number of benzene rings is 4. The Hall–Kier alpha value is -6.90. The molecule has 0 aliphatic heterocycles. The van der Waals surface area contributed by atoms with Gasteiger partial charge in [-0.15, -0.1) is 0 Å². The second-order valence-electron chi connectivity index (χ2n) is 22.0. The number of ether oxygens (including phenoxy) is 6. The van der Waals surface area contributed by atoms with Crippen LogP contribution in [0.1, 0.15) is 128 Å². The average Bonchev–Trinajstić information content (AvgIpc) is 2.55. The van der Waals surface area contributed by atoms with Gasteiger partial charge < -0.3 is 47.4 Å². The molecule has 0 radical (unpaired) electrons. The Morgan fingerprint density at radius 1 is 0.552 bits per heavy atom. The highest BCUT2D eigenvalue weighted by Gasteiger charge is 2.30. The maximum atomic E-state index is 12.9. The second kappa shape index (κ2) is 32.9. The Morgan fingerprint density at radius 3 is 1.31 bits per heavy atom. The molecule has 0 unspecified atom stereocenters. The summed E-state index contributed by atoms with van der Waals surface area (Å²) in [4.78, 5) is 53.6. The second-order valence-corrected chi connectivity index (χ2v) is 24.8. The zero-order valence-electron chi connectivity index (χ0n) is 51.6. The van der Waals surface area contributed by atoms with Crippen molar-refractivity contribution in [3.8, 4) is 34.0 Å². The van der Waals surface area contributed by atoms with Crippen LogP contribution in [0.5, 0.6) is 11.5 Å². The molecule has 0 bridgehead atoms. The number of nitrogens with two attached hydrogens (primary N) is 3. The molecule has 87 heavy (non-hydrogen) atoms. The van der Waals surface area contributed by atoms with E-state index in [1.165, 1.54) is 75.8 Å². The van der Waals surface area contributed by atoms with Gasteiger partial charge in [0.2, 0.25) is 0 Å². The van der Waals surface area contributed by atoms with Crippen LogP contribution in [0.15, 0.2) is 84.9 Å². The first kappa shape index (κ1) is 69.2. The van der Waals surface area contributed by atoms with Crippen molar-refractivity contribution < 1.29 is 64.4 Å². The summed E-state index contributed by atoms with van der Waals surface area (Å²) in [5.41, 5.74) is 9.46. The molecule has 4 aromatic carbocycles. The number of carbonyl (C=O) groups is 4. The number of esters is 2. The highest BCUT2D eigenvalue weighted by molar-refractivity contribution is 7.87. The van der Waals surface area contributed by atoms with E-state index in [1.807, 2.05) is 86.9 Å². The summed E-state index contributed by atoms with van der Waals surface area (Å²) >= 11 is 0. The fourth-order valence-corrected chi connectivity index (χ4v) is 11.5. The van der Waals surface area contributed by atoms with Gasteiger partial charge in [0.25, 0.3) is 32.2 Å². The van der Waals surface area contributed by atoms with E-state index in [9.17, 15) is 36.0 Å². The summed E-state index contributed by atoms with van der Waals surface area (Å²) in [7, 11) is 4.24. The molecular weight excluding hydrogens is 1160 g/mol. The molecule has 6 N–H and O–H groups in total. The number of amides is 2. The highest BCUT2D eigenvalue weighted by atomic mass is 32.2. The Morgan fingerprint density at radius 2 is 0.931 bits per heavy atom. The minimum atomic E-state index is -3.75. The van der Waals surface area contributed by atoms with Gasteiger partial charge >= 0.3 is 11.9 Å². The molecule has 2 aliphatic carbocycles. The van der Waals surface area contributed by atoms with E-state index in [0.717, 1.165) is 93.8 Å². The van der Waals surface area contributed by atoms with E-state index in [4.69, 9.17) is 33.6 Å². The molecule has 2 aliphatic rings. The number of rotatable bonds is 25. The first-order valence-corrected chi connectivity index (χ1v) is 32.6. The van der Waals surface area contributed by atoms with Gasteiger partial charge in [0.1, 0.15) is 11.5 Å². The van der Waals surface area contributed by atoms with Gasteiger partial charge in [0.15, 0.2) is 13.2 Å². The number of para-hydroxylation sites is 2. The van der Waals surface area contributed by atoms with Gasteiger partial charge in [-0.25, -0.2) is 25.0 Å². The van der Waals surface area contributed by atoms with Crippen molar-refractivity contribution in [3.05, 3.63) is 107 Å². The molecule has 2 amide bonds. The van der Waals surface area contributed by atoms with Crippen LogP contribution in [0.2, 0.25) is 0 Å². The summed E-state index contributed by atoms with van der Waals surface area (Å²) < 4.78 is 79.6. The van der Waals surface area contributed by atoms with Crippen LogP contribution in [0, 0.1) is 0 Å². The summed E-state index contributed by atoms with van der Waals surface area (Å²) in [6, 6.07) is 27.2. The largest absolute Gasteiger partial charge is 0.483 e. The molecule has 0 spiro atoms. The first-order chi connectivity index (χ1) is 41.5. The number of hydrogen-bond donors (Lipinski definition) is 3. The summed E-state index contributed by atoms with van der Waals surface area (Å²) in [5.74, 6) is 1.05. The third-order valence-corrected chi connectivity index (χ3v) is 17.0. The van der Waals surface area contributed by atoms with E-state index in [2.05, 4.69) is 38.5 Å². The van der Waals surface area contributed by atoms with Crippen molar-refractivity contribution in [1.82, 2.24) is 23.2 Å². The van der Waals surface area contributed by atoms with Gasteiger partial charge in [0.05, 0.1) is 56.6 Å². The lowest BCUT2D eigenvalue weighted by molar-refractivity contribution is -0.133. The zero-order chi connectivity index (χ0) is 63.4. The van der Waals surface area contributed by atoms with Crippen molar-refractivity contribution >= 4 is 66.0 Å². The fraction of sp³-hybridized carbons (Fsp3) is 0.492. The van der Waals surface area contributed by atoms with Gasteiger partial charge in [0, 0.05) is 94.4 Å². The molecule has 22 nitrogen and oxygen atoms in total. The standard InChI is InChI=1S/C32H42N2O5.C31H42N4O7S.H4N2O2S/c1-5-6-19-38-20-18-33(2)29(35)22-39-28-15-11-10-14-26(28)31-30(23-12-8-7-9-13-23)25-17-16-24(32(36)37-4)21-27(25)34(31)3;1-33(16-18-41-19-17-34(2)43(32,38)39)28(36)21-42-27-13-9-8-12-25(27)30-29(22-10-6-5-7-11-22)24-15-14-23(31(37)40-4)20-26(24)35(30)3;1-5(2,3)4/h10-11,14-17,21,23H,5-9,12-13,18-20,22H2,1-4H3;8-9,12-15,20,22H,5-7,10-11,16-19,21H2,1-4H3,(H2,32,38,39);(H4,1,2,3,4). The van der Waals surface area contributed by atoms with Gasteiger partial charge in [-0.1, -0.05) is 88.3 Å². The molecule has 2 heterocycles. The predicted molar refractivity (Wildman–Crippen MR) is 337 cm³/mol. The van der Waals surface area contributed by atoms with E-state index in [-0.39, 0.29) is 56.7 Å². The lowest BCUT2D eigenvalue weighted by Gasteiger charge is -2.24. The van der Waals surface area contributed by atoms with Crippen LogP contribution in [0.25, 0.3) is 44.3 Å². The fourth-order valence-electron chi connectivity index (χ4n) is 11.2. The summed E-state index contributed by atoms with van der Waals surface area (Å²) in [6.07, 6.45) is 13.8. The minimum Gasteiger partial charge on any atom is -0.483 e. The Labute approximate surface area is 512 Å². The molecule has 476 valence electrons. The number of methoxy groups -OCH3 is 2.